The molecule has 0 bridgehead atoms. The van der Waals surface area contributed by atoms with E-state index in [2.05, 4.69) is 41.2 Å². The summed E-state index contributed by atoms with van der Waals surface area (Å²) in [6.45, 7) is 17.9. The average Bonchev–Trinajstić information content (AvgIpc) is 2.72. The SMILES string of the molecule is CCNC(=NCC(C(CC)CC)N1CCOCC1)NCCN1CCOCC1. The van der Waals surface area contributed by atoms with E-state index < -0.39 is 0 Å². The lowest BCUT2D eigenvalue weighted by Crippen LogP contribution is -2.49. The second-order valence-corrected chi connectivity index (χ2v) is 7.39. The Hall–Kier alpha value is -0.890. The number of hydrogen-bond acceptors (Lipinski definition) is 5. The fourth-order valence-electron chi connectivity index (χ4n) is 3.99. The summed E-state index contributed by atoms with van der Waals surface area (Å²) < 4.78 is 11.0. The van der Waals surface area contributed by atoms with Crippen LogP contribution in [0.4, 0.5) is 0 Å². The van der Waals surface area contributed by atoms with Crippen LogP contribution in [0.25, 0.3) is 0 Å². The Morgan fingerprint density at radius 3 is 2.15 bits per heavy atom. The van der Waals surface area contributed by atoms with Crippen molar-refractivity contribution in [1.29, 1.82) is 0 Å². The number of ether oxygens (including phenoxy) is 2. The van der Waals surface area contributed by atoms with Crippen LogP contribution in [0, 0.1) is 5.92 Å². The largest absolute Gasteiger partial charge is 0.379 e. The van der Waals surface area contributed by atoms with Gasteiger partial charge in [0, 0.05) is 51.9 Å². The molecule has 0 amide bonds. The summed E-state index contributed by atoms with van der Waals surface area (Å²) in [7, 11) is 0. The maximum Gasteiger partial charge on any atom is 0.191 e. The van der Waals surface area contributed by atoms with Crippen molar-refractivity contribution < 1.29 is 9.47 Å². The Kier molecular flexibility index (Phi) is 11.0. The average molecular weight is 384 g/mol. The van der Waals surface area contributed by atoms with E-state index in [1.54, 1.807) is 0 Å². The third-order valence-electron chi connectivity index (χ3n) is 5.71. The van der Waals surface area contributed by atoms with E-state index in [-0.39, 0.29) is 0 Å². The first-order chi connectivity index (χ1) is 13.3. The van der Waals surface area contributed by atoms with Crippen molar-refractivity contribution in [3.8, 4) is 0 Å². The number of guanidine groups is 1. The van der Waals surface area contributed by atoms with Crippen LogP contribution in [-0.4, -0.2) is 101 Å². The van der Waals surface area contributed by atoms with Crippen LogP contribution in [0.2, 0.25) is 0 Å². The van der Waals surface area contributed by atoms with E-state index in [4.69, 9.17) is 14.5 Å². The van der Waals surface area contributed by atoms with E-state index in [1.807, 2.05) is 0 Å². The first-order valence-electron chi connectivity index (χ1n) is 10.9. The molecule has 7 nitrogen and oxygen atoms in total. The highest BCUT2D eigenvalue weighted by atomic mass is 16.5. The topological polar surface area (TPSA) is 61.4 Å². The second kappa shape index (κ2) is 13.3. The van der Waals surface area contributed by atoms with Crippen molar-refractivity contribution >= 4 is 5.96 Å². The molecule has 2 heterocycles. The summed E-state index contributed by atoms with van der Waals surface area (Å²) in [5.41, 5.74) is 0. The first kappa shape index (κ1) is 22.4. The van der Waals surface area contributed by atoms with Gasteiger partial charge in [-0.3, -0.25) is 14.8 Å². The van der Waals surface area contributed by atoms with E-state index in [0.29, 0.717) is 12.0 Å². The van der Waals surface area contributed by atoms with Gasteiger partial charge in [0.15, 0.2) is 5.96 Å². The van der Waals surface area contributed by atoms with Crippen molar-refractivity contribution in [3.63, 3.8) is 0 Å². The molecule has 158 valence electrons. The molecule has 2 rings (SSSR count). The van der Waals surface area contributed by atoms with Gasteiger partial charge in [-0.25, -0.2) is 0 Å². The molecule has 7 heteroatoms. The van der Waals surface area contributed by atoms with Gasteiger partial charge >= 0.3 is 0 Å². The van der Waals surface area contributed by atoms with E-state index in [1.165, 1.54) is 12.8 Å². The van der Waals surface area contributed by atoms with Gasteiger partial charge in [0.25, 0.3) is 0 Å². The molecule has 0 radical (unpaired) electrons. The Balaban J connectivity index is 1.89. The zero-order chi connectivity index (χ0) is 19.3. The molecular formula is C20H41N5O2. The summed E-state index contributed by atoms with van der Waals surface area (Å²) in [6.07, 6.45) is 2.41. The minimum Gasteiger partial charge on any atom is -0.379 e. The number of hydrogen-bond donors (Lipinski definition) is 2. The Morgan fingerprint density at radius 1 is 0.926 bits per heavy atom. The zero-order valence-electron chi connectivity index (χ0n) is 17.7. The standard InChI is InChI=1S/C20H41N5O2/c1-4-18(5-2)19(25-11-15-27-16-12-25)17-23-20(21-6-3)22-7-8-24-9-13-26-14-10-24/h18-19H,4-17H2,1-3H3,(H2,21,22,23). The predicted octanol–water partition coefficient (Wildman–Crippen LogP) is 1.01. The fraction of sp³-hybridized carbons (Fsp3) is 0.950. The number of rotatable bonds is 10. The van der Waals surface area contributed by atoms with Crippen molar-refractivity contribution in [3.05, 3.63) is 0 Å². The number of aliphatic imine (C=N–C) groups is 1. The summed E-state index contributed by atoms with van der Waals surface area (Å²) in [4.78, 5) is 9.99. The van der Waals surface area contributed by atoms with Crippen LogP contribution in [0.5, 0.6) is 0 Å². The van der Waals surface area contributed by atoms with Crippen LogP contribution in [0.15, 0.2) is 4.99 Å². The van der Waals surface area contributed by atoms with Gasteiger partial charge < -0.3 is 20.1 Å². The number of morpholine rings is 2. The van der Waals surface area contributed by atoms with Gasteiger partial charge in [-0.15, -0.1) is 0 Å². The second-order valence-electron chi connectivity index (χ2n) is 7.39. The molecule has 27 heavy (non-hydrogen) atoms. The molecule has 2 N–H and O–H groups in total. The molecule has 2 aliphatic rings. The normalized spacial score (nSPS) is 21.4. The molecule has 0 aromatic heterocycles. The quantitative estimate of drug-likeness (QED) is 0.434. The minimum absolute atomic E-state index is 0.499. The van der Waals surface area contributed by atoms with E-state index in [9.17, 15) is 0 Å². The predicted molar refractivity (Wildman–Crippen MR) is 111 cm³/mol. The fourth-order valence-corrected chi connectivity index (χ4v) is 3.99. The molecule has 2 fully saturated rings. The lowest BCUT2D eigenvalue weighted by atomic mass is 9.92. The summed E-state index contributed by atoms with van der Waals surface area (Å²) in [5.74, 6) is 1.62. The minimum atomic E-state index is 0.499. The Morgan fingerprint density at radius 2 is 1.56 bits per heavy atom. The van der Waals surface area contributed by atoms with Gasteiger partial charge in [0.2, 0.25) is 0 Å². The van der Waals surface area contributed by atoms with Crippen molar-refractivity contribution in [2.45, 2.75) is 39.7 Å². The van der Waals surface area contributed by atoms with E-state index >= 15 is 0 Å². The third kappa shape index (κ3) is 7.94. The molecule has 0 aliphatic carbocycles. The van der Waals surface area contributed by atoms with E-state index in [0.717, 1.165) is 84.7 Å². The van der Waals surface area contributed by atoms with Crippen molar-refractivity contribution in [2.24, 2.45) is 10.9 Å². The van der Waals surface area contributed by atoms with Crippen LogP contribution in [0.3, 0.4) is 0 Å². The lowest BCUT2D eigenvalue weighted by molar-refractivity contribution is 0.00395. The van der Waals surface area contributed by atoms with Crippen molar-refractivity contribution in [1.82, 2.24) is 20.4 Å². The zero-order valence-corrected chi connectivity index (χ0v) is 17.7. The maximum absolute atomic E-state index is 5.56. The lowest BCUT2D eigenvalue weighted by Gasteiger charge is -2.38. The highest BCUT2D eigenvalue weighted by molar-refractivity contribution is 5.79. The summed E-state index contributed by atoms with van der Waals surface area (Å²) in [5, 5.41) is 6.92. The molecular weight excluding hydrogens is 342 g/mol. The molecule has 0 aromatic carbocycles. The highest BCUT2D eigenvalue weighted by Gasteiger charge is 2.26. The maximum atomic E-state index is 5.56. The molecule has 2 aliphatic heterocycles. The van der Waals surface area contributed by atoms with Crippen LogP contribution >= 0.6 is 0 Å². The first-order valence-corrected chi connectivity index (χ1v) is 10.9. The smallest absolute Gasteiger partial charge is 0.191 e. The van der Waals surface area contributed by atoms with Crippen LogP contribution < -0.4 is 10.6 Å². The number of nitrogens with zero attached hydrogens (tertiary/aromatic N) is 3. The van der Waals surface area contributed by atoms with Gasteiger partial charge in [0.1, 0.15) is 0 Å². The Bertz CT molecular complexity index is 405. The van der Waals surface area contributed by atoms with Gasteiger partial charge in [-0.1, -0.05) is 26.7 Å². The molecule has 1 unspecified atom stereocenters. The Labute approximate surface area is 165 Å². The molecule has 0 aromatic rings. The molecule has 1 atom stereocenters. The molecule has 2 saturated heterocycles. The van der Waals surface area contributed by atoms with Gasteiger partial charge in [-0.05, 0) is 12.8 Å². The van der Waals surface area contributed by atoms with Crippen molar-refractivity contribution in [2.75, 3.05) is 78.8 Å². The van der Waals surface area contributed by atoms with Crippen LogP contribution in [0.1, 0.15) is 33.6 Å². The monoisotopic (exact) mass is 383 g/mol. The van der Waals surface area contributed by atoms with Gasteiger partial charge in [-0.2, -0.15) is 0 Å². The summed E-state index contributed by atoms with van der Waals surface area (Å²) in [6, 6.07) is 0.499. The number of nitrogens with one attached hydrogen (secondary N) is 2. The molecule has 0 saturated carbocycles. The summed E-state index contributed by atoms with van der Waals surface area (Å²) >= 11 is 0. The highest BCUT2D eigenvalue weighted by Crippen LogP contribution is 2.20. The van der Waals surface area contributed by atoms with Crippen LogP contribution in [-0.2, 0) is 9.47 Å². The third-order valence-corrected chi connectivity index (χ3v) is 5.71. The van der Waals surface area contributed by atoms with Gasteiger partial charge in [0.05, 0.1) is 33.0 Å². The molecule has 0 spiro atoms.